The van der Waals surface area contributed by atoms with Gasteiger partial charge in [-0.1, -0.05) is 6.92 Å². The summed E-state index contributed by atoms with van der Waals surface area (Å²) in [4.78, 5) is 0. The van der Waals surface area contributed by atoms with Crippen molar-refractivity contribution >= 4 is 10.9 Å². The maximum atomic E-state index is 13.6. The van der Waals surface area contributed by atoms with Gasteiger partial charge in [-0.05, 0) is 104 Å². The van der Waals surface area contributed by atoms with Gasteiger partial charge in [-0.2, -0.15) is 18.3 Å². The number of benzene rings is 2. The van der Waals surface area contributed by atoms with E-state index in [9.17, 15) is 22.7 Å². The monoisotopic (exact) mass is 446 g/mol. The third kappa shape index (κ3) is 3.16. The van der Waals surface area contributed by atoms with E-state index in [4.69, 9.17) is 0 Å². The lowest BCUT2D eigenvalue weighted by atomic mass is 9.56. The summed E-state index contributed by atoms with van der Waals surface area (Å²) in [6, 6.07) is 10.3. The lowest BCUT2D eigenvalue weighted by Gasteiger charge is -2.50. The Morgan fingerprint density at radius 1 is 1.16 bits per heavy atom. The lowest BCUT2D eigenvalue weighted by Crippen LogP contribution is -2.54. The molecule has 3 unspecified atom stereocenters. The minimum absolute atomic E-state index is 0.223. The number of fused-ring (bicyclic) bond motifs is 4. The number of aryl methyl sites for hydroxylation is 1. The van der Waals surface area contributed by atoms with Crippen LogP contribution in [0.3, 0.4) is 0 Å². The summed E-state index contributed by atoms with van der Waals surface area (Å²) >= 11 is 0. The standard InChI is InChI=1S/C25H26F4N2O/c1-2-23-10-11-24(32,25(27,28)29)14-18(23)5-3-4-16-13-22-17(12-21(16)23)15-30-31(22)20-8-6-19(26)7-9-20/h6-9,12-13,15,18,32H,2-5,10-11,14H2,1H3. The first-order valence-electron chi connectivity index (χ1n) is 11.2. The second kappa shape index (κ2) is 7.30. The van der Waals surface area contributed by atoms with Crippen LogP contribution in [0, 0.1) is 11.7 Å². The topological polar surface area (TPSA) is 38.1 Å². The van der Waals surface area contributed by atoms with Crippen molar-refractivity contribution in [3.05, 3.63) is 59.5 Å². The molecule has 5 rings (SSSR count). The molecule has 1 saturated carbocycles. The summed E-state index contributed by atoms with van der Waals surface area (Å²) in [6.07, 6.45) is -0.0817. The molecule has 1 fully saturated rings. The molecule has 2 aliphatic carbocycles. The van der Waals surface area contributed by atoms with Crippen LogP contribution in [0.2, 0.25) is 0 Å². The molecule has 0 amide bonds. The number of hydrogen-bond donors (Lipinski definition) is 1. The van der Waals surface area contributed by atoms with Gasteiger partial charge in [0, 0.05) is 5.39 Å². The molecule has 1 N–H and O–H groups in total. The Morgan fingerprint density at radius 2 is 1.91 bits per heavy atom. The predicted octanol–water partition coefficient (Wildman–Crippen LogP) is 6.24. The molecular weight excluding hydrogens is 420 g/mol. The van der Waals surface area contributed by atoms with Crippen molar-refractivity contribution in [3.8, 4) is 5.69 Å². The molecule has 0 bridgehead atoms. The van der Waals surface area contributed by atoms with Crippen LogP contribution < -0.4 is 0 Å². The van der Waals surface area contributed by atoms with Crippen LogP contribution in [-0.4, -0.2) is 26.7 Å². The van der Waals surface area contributed by atoms with Crippen molar-refractivity contribution in [1.29, 1.82) is 0 Å². The van der Waals surface area contributed by atoms with Crippen LogP contribution in [0.1, 0.15) is 56.6 Å². The van der Waals surface area contributed by atoms with Gasteiger partial charge in [-0.3, -0.25) is 0 Å². The second-order valence-corrected chi connectivity index (χ2v) is 9.43. The van der Waals surface area contributed by atoms with E-state index in [0.717, 1.165) is 47.0 Å². The van der Waals surface area contributed by atoms with E-state index >= 15 is 0 Å². The SMILES string of the molecule is CCC12CCC(O)(C(F)(F)F)CC1CCCc1cc3c(cnn3-c3ccc(F)cc3)cc12. The molecule has 170 valence electrons. The van der Waals surface area contributed by atoms with Gasteiger partial charge < -0.3 is 5.11 Å². The Hall–Kier alpha value is -2.41. The molecule has 2 aliphatic rings. The molecular formula is C25H26F4N2O. The highest BCUT2D eigenvalue weighted by Gasteiger charge is 2.60. The molecule has 0 radical (unpaired) electrons. The van der Waals surface area contributed by atoms with Gasteiger partial charge >= 0.3 is 6.18 Å². The molecule has 1 heterocycles. The van der Waals surface area contributed by atoms with Crippen LogP contribution in [-0.2, 0) is 11.8 Å². The van der Waals surface area contributed by atoms with Crippen LogP contribution in [0.4, 0.5) is 17.6 Å². The van der Waals surface area contributed by atoms with Crippen LogP contribution in [0.25, 0.3) is 16.6 Å². The van der Waals surface area contributed by atoms with E-state index in [1.54, 1.807) is 23.0 Å². The van der Waals surface area contributed by atoms with Gasteiger partial charge in [0.1, 0.15) is 5.82 Å². The highest BCUT2D eigenvalue weighted by molar-refractivity contribution is 5.82. The van der Waals surface area contributed by atoms with Crippen molar-refractivity contribution in [2.75, 3.05) is 0 Å². The van der Waals surface area contributed by atoms with E-state index in [1.165, 1.54) is 12.1 Å². The minimum atomic E-state index is -4.61. The van der Waals surface area contributed by atoms with Crippen LogP contribution in [0.5, 0.6) is 0 Å². The van der Waals surface area contributed by atoms with Gasteiger partial charge in [0.25, 0.3) is 0 Å². The maximum Gasteiger partial charge on any atom is 0.417 e. The molecule has 3 nitrogen and oxygen atoms in total. The van der Waals surface area contributed by atoms with Crippen molar-refractivity contribution in [1.82, 2.24) is 9.78 Å². The molecule has 32 heavy (non-hydrogen) atoms. The Bertz CT molecular complexity index is 1150. The Kier molecular flexibility index (Phi) is 4.89. The predicted molar refractivity (Wildman–Crippen MR) is 114 cm³/mol. The first kappa shape index (κ1) is 21.4. The van der Waals surface area contributed by atoms with Gasteiger partial charge in [0.05, 0.1) is 17.4 Å². The molecule has 2 aromatic carbocycles. The molecule has 0 spiro atoms. The summed E-state index contributed by atoms with van der Waals surface area (Å²) in [5.41, 5.74) is 0.933. The zero-order chi connectivity index (χ0) is 22.7. The van der Waals surface area contributed by atoms with Crippen LogP contribution in [0.15, 0.2) is 42.6 Å². The fourth-order valence-electron chi connectivity index (χ4n) is 6.10. The maximum absolute atomic E-state index is 13.6. The number of hydrogen-bond acceptors (Lipinski definition) is 2. The molecule has 0 saturated heterocycles. The number of alkyl halides is 3. The molecule has 1 aromatic heterocycles. The third-order valence-corrected chi connectivity index (χ3v) is 7.91. The van der Waals surface area contributed by atoms with Crippen LogP contribution >= 0.6 is 0 Å². The van der Waals surface area contributed by atoms with Gasteiger partial charge in [0.2, 0.25) is 0 Å². The summed E-state index contributed by atoms with van der Waals surface area (Å²) in [6.45, 7) is 2.05. The Balaban J connectivity index is 1.61. The summed E-state index contributed by atoms with van der Waals surface area (Å²) in [7, 11) is 0. The average molecular weight is 446 g/mol. The summed E-state index contributed by atoms with van der Waals surface area (Å²) in [5, 5.41) is 15.9. The van der Waals surface area contributed by atoms with Gasteiger partial charge in [-0.15, -0.1) is 0 Å². The number of nitrogens with zero attached hydrogens (tertiary/aromatic N) is 2. The molecule has 0 aliphatic heterocycles. The number of aliphatic hydroxyl groups is 1. The highest BCUT2D eigenvalue weighted by Crippen LogP contribution is 2.57. The smallest absolute Gasteiger partial charge is 0.380 e. The van der Waals surface area contributed by atoms with E-state index in [-0.39, 0.29) is 30.0 Å². The Labute approximate surface area is 184 Å². The third-order valence-electron chi connectivity index (χ3n) is 7.91. The number of rotatable bonds is 2. The Morgan fingerprint density at radius 3 is 2.59 bits per heavy atom. The number of aromatic nitrogens is 2. The van der Waals surface area contributed by atoms with Gasteiger partial charge in [0.15, 0.2) is 5.60 Å². The first-order valence-corrected chi connectivity index (χ1v) is 11.2. The van der Waals surface area contributed by atoms with Gasteiger partial charge in [-0.25, -0.2) is 9.07 Å². The molecule has 3 aromatic rings. The minimum Gasteiger partial charge on any atom is -0.380 e. The quantitative estimate of drug-likeness (QED) is 0.473. The second-order valence-electron chi connectivity index (χ2n) is 9.43. The average Bonchev–Trinajstić information content (AvgIpc) is 3.09. The zero-order valence-electron chi connectivity index (χ0n) is 17.9. The van der Waals surface area contributed by atoms with E-state index in [0.29, 0.717) is 12.8 Å². The largest absolute Gasteiger partial charge is 0.417 e. The molecule has 3 atom stereocenters. The fraction of sp³-hybridized carbons (Fsp3) is 0.480. The van der Waals surface area contributed by atoms with Crippen molar-refractivity contribution in [3.63, 3.8) is 0 Å². The van der Waals surface area contributed by atoms with Crippen molar-refractivity contribution in [2.24, 2.45) is 5.92 Å². The number of halogens is 4. The van der Waals surface area contributed by atoms with Crippen molar-refractivity contribution in [2.45, 2.75) is 69.1 Å². The lowest BCUT2D eigenvalue weighted by molar-refractivity contribution is -0.279. The fourth-order valence-corrected chi connectivity index (χ4v) is 6.10. The van der Waals surface area contributed by atoms with E-state index < -0.39 is 11.8 Å². The highest BCUT2D eigenvalue weighted by atomic mass is 19.4. The normalized spacial score (nSPS) is 28.2. The first-order chi connectivity index (χ1) is 15.2. The summed E-state index contributed by atoms with van der Waals surface area (Å²) < 4.78 is 56.0. The summed E-state index contributed by atoms with van der Waals surface area (Å²) in [5.74, 6) is -0.537. The van der Waals surface area contributed by atoms with Crippen molar-refractivity contribution < 1.29 is 22.7 Å². The van der Waals surface area contributed by atoms with E-state index in [2.05, 4.69) is 17.2 Å². The van der Waals surface area contributed by atoms with E-state index in [1.807, 2.05) is 6.92 Å². The molecule has 7 heteroatoms. The zero-order valence-corrected chi connectivity index (χ0v) is 17.9.